The van der Waals surface area contributed by atoms with Crippen LogP contribution in [0.15, 0.2) is 18.2 Å². The van der Waals surface area contributed by atoms with Gasteiger partial charge in [0.15, 0.2) is 0 Å². The molecular weight excluding hydrogens is 242 g/mol. The van der Waals surface area contributed by atoms with Crippen molar-refractivity contribution >= 4 is 11.6 Å². The second-order valence-electron chi connectivity index (χ2n) is 6.11. The molecule has 0 spiro atoms. The molecule has 4 nitrogen and oxygen atoms in total. The van der Waals surface area contributed by atoms with Crippen LogP contribution in [0.5, 0.6) is 0 Å². The van der Waals surface area contributed by atoms with Crippen molar-refractivity contribution in [3.05, 3.63) is 29.3 Å². The Balaban J connectivity index is 2.05. The quantitative estimate of drug-likeness (QED) is 0.871. The number of nitrogens with zero attached hydrogens (tertiary/aromatic N) is 1. The van der Waals surface area contributed by atoms with Crippen molar-refractivity contribution in [2.24, 2.45) is 0 Å². The van der Waals surface area contributed by atoms with Crippen LogP contribution in [0.25, 0.3) is 0 Å². The minimum Gasteiger partial charge on any atom is -0.389 e. The molecule has 3 rings (SSSR count). The number of rotatable bonds is 2. The van der Waals surface area contributed by atoms with Gasteiger partial charge in [0.25, 0.3) is 0 Å². The summed E-state index contributed by atoms with van der Waals surface area (Å²) in [4.78, 5) is 13.4. The van der Waals surface area contributed by atoms with E-state index in [0.717, 1.165) is 16.8 Å². The maximum absolute atomic E-state index is 11.7. The van der Waals surface area contributed by atoms with Gasteiger partial charge in [-0.1, -0.05) is 12.1 Å². The van der Waals surface area contributed by atoms with Gasteiger partial charge in [0, 0.05) is 12.7 Å². The van der Waals surface area contributed by atoms with Gasteiger partial charge < -0.3 is 14.7 Å². The predicted molar refractivity (Wildman–Crippen MR) is 72.4 cm³/mol. The topological polar surface area (TPSA) is 49.8 Å². The minimum absolute atomic E-state index is 0.120. The smallest absolute Gasteiger partial charge is 0.231 e. The number of hydrogen-bond donors (Lipinski definition) is 1. The monoisotopic (exact) mass is 261 g/mol. The Labute approximate surface area is 113 Å². The molecule has 0 radical (unpaired) electrons. The normalized spacial score (nSPS) is 21.3. The van der Waals surface area contributed by atoms with Gasteiger partial charge in [0.2, 0.25) is 5.91 Å². The molecule has 2 heterocycles. The lowest BCUT2D eigenvalue weighted by molar-refractivity contribution is -0.157. The molecule has 0 aromatic heterocycles. The zero-order valence-electron chi connectivity index (χ0n) is 11.6. The van der Waals surface area contributed by atoms with Crippen LogP contribution in [0, 0.1) is 0 Å². The molecule has 1 saturated heterocycles. The first-order valence-corrected chi connectivity index (χ1v) is 6.55. The number of aliphatic hydroxyl groups is 1. The molecule has 1 aromatic carbocycles. The van der Waals surface area contributed by atoms with Crippen LogP contribution in [0.3, 0.4) is 0 Å². The highest BCUT2D eigenvalue weighted by Crippen LogP contribution is 2.43. The molecular formula is C15H19NO3. The lowest BCUT2D eigenvalue weighted by Gasteiger charge is -2.50. The number of amides is 1. The summed E-state index contributed by atoms with van der Waals surface area (Å²) in [5.41, 5.74) is 1.88. The summed E-state index contributed by atoms with van der Waals surface area (Å²) in [7, 11) is 1.80. The van der Waals surface area contributed by atoms with Gasteiger partial charge in [-0.05, 0) is 31.0 Å². The van der Waals surface area contributed by atoms with Gasteiger partial charge in [-0.15, -0.1) is 0 Å². The molecule has 0 unspecified atom stereocenters. The Morgan fingerprint density at radius 2 is 2.05 bits per heavy atom. The van der Waals surface area contributed by atoms with Crippen LogP contribution in [0.2, 0.25) is 0 Å². The molecule has 2 aliphatic rings. The SMILES string of the molecule is CN1C(=O)Cc2cc(C3(C(C)(C)O)COC3)ccc21. The van der Waals surface area contributed by atoms with E-state index in [4.69, 9.17) is 4.74 Å². The van der Waals surface area contributed by atoms with Gasteiger partial charge in [-0.25, -0.2) is 0 Å². The predicted octanol–water partition coefficient (Wildman–Crippen LogP) is 1.24. The lowest BCUT2D eigenvalue weighted by Crippen LogP contribution is -2.60. The highest BCUT2D eigenvalue weighted by atomic mass is 16.5. The van der Waals surface area contributed by atoms with Crippen LogP contribution in [-0.4, -0.2) is 36.9 Å². The molecule has 2 aliphatic heterocycles. The van der Waals surface area contributed by atoms with Gasteiger partial charge >= 0.3 is 0 Å². The van der Waals surface area contributed by atoms with E-state index in [0.29, 0.717) is 19.6 Å². The molecule has 0 bridgehead atoms. The van der Waals surface area contributed by atoms with E-state index < -0.39 is 5.60 Å². The number of fused-ring (bicyclic) bond motifs is 1. The van der Waals surface area contributed by atoms with Gasteiger partial charge in [-0.3, -0.25) is 4.79 Å². The molecule has 19 heavy (non-hydrogen) atoms. The third kappa shape index (κ3) is 1.63. The van der Waals surface area contributed by atoms with Crippen molar-refractivity contribution in [1.29, 1.82) is 0 Å². The first kappa shape index (κ1) is 12.6. The zero-order valence-corrected chi connectivity index (χ0v) is 11.6. The minimum atomic E-state index is -0.839. The maximum Gasteiger partial charge on any atom is 0.231 e. The Hall–Kier alpha value is -1.39. The van der Waals surface area contributed by atoms with Crippen LogP contribution in [0.4, 0.5) is 5.69 Å². The Kier molecular flexibility index (Phi) is 2.53. The summed E-state index contributed by atoms with van der Waals surface area (Å²) in [5.74, 6) is 0.120. The van der Waals surface area contributed by atoms with E-state index in [2.05, 4.69) is 6.07 Å². The van der Waals surface area contributed by atoms with Crippen molar-refractivity contribution in [2.75, 3.05) is 25.2 Å². The molecule has 0 saturated carbocycles. The summed E-state index contributed by atoms with van der Waals surface area (Å²) >= 11 is 0. The second-order valence-corrected chi connectivity index (χ2v) is 6.11. The van der Waals surface area contributed by atoms with E-state index >= 15 is 0 Å². The van der Waals surface area contributed by atoms with Crippen LogP contribution in [0.1, 0.15) is 25.0 Å². The van der Waals surface area contributed by atoms with Crippen LogP contribution in [-0.2, 0) is 21.4 Å². The third-order valence-electron chi connectivity index (χ3n) is 4.58. The Bertz CT molecular complexity index is 541. The zero-order chi connectivity index (χ0) is 13.8. The molecule has 1 amide bonds. The van der Waals surface area contributed by atoms with Crippen LogP contribution >= 0.6 is 0 Å². The van der Waals surface area contributed by atoms with Crippen molar-refractivity contribution in [1.82, 2.24) is 0 Å². The lowest BCUT2D eigenvalue weighted by atomic mass is 9.67. The summed E-state index contributed by atoms with van der Waals surface area (Å²) in [5, 5.41) is 10.4. The highest BCUT2D eigenvalue weighted by molar-refractivity contribution is 6.00. The number of ether oxygens (including phenoxy) is 1. The molecule has 1 aromatic rings. The average molecular weight is 261 g/mol. The van der Waals surface area contributed by atoms with E-state index in [1.165, 1.54) is 0 Å². The number of anilines is 1. The third-order valence-corrected chi connectivity index (χ3v) is 4.58. The van der Waals surface area contributed by atoms with Crippen molar-refractivity contribution in [3.63, 3.8) is 0 Å². The molecule has 1 fully saturated rings. The van der Waals surface area contributed by atoms with E-state index in [9.17, 15) is 9.90 Å². The van der Waals surface area contributed by atoms with Crippen molar-refractivity contribution in [3.8, 4) is 0 Å². The Morgan fingerprint density at radius 1 is 1.37 bits per heavy atom. The standard InChI is InChI=1S/C15H19NO3/c1-14(2,18)15(8-19-9-15)11-4-5-12-10(6-11)7-13(17)16(12)3/h4-6,18H,7-9H2,1-3H3. The van der Waals surface area contributed by atoms with Gasteiger partial charge in [-0.2, -0.15) is 0 Å². The number of hydrogen-bond acceptors (Lipinski definition) is 3. The molecule has 4 heteroatoms. The summed E-state index contributed by atoms with van der Waals surface area (Å²) in [6.07, 6.45) is 0.447. The highest BCUT2D eigenvalue weighted by Gasteiger charge is 2.51. The second kappa shape index (κ2) is 3.81. The molecule has 0 aliphatic carbocycles. The summed E-state index contributed by atoms with van der Waals surface area (Å²) < 4.78 is 5.34. The van der Waals surface area contributed by atoms with Crippen molar-refractivity contribution < 1.29 is 14.6 Å². The maximum atomic E-state index is 11.7. The summed E-state index contributed by atoms with van der Waals surface area (Å²) in [6, 6.07) is 6.03. The van der Waals surface area contributed by atoms with Crippen molar-refractivity contribution in [2.45, 2.75) is 31.3 Å². The van der Waals surface area contributed by atoms with Gasteiger partial charge in [0.05, 0.1) is 30.7 Å². The number of benzene rings is 1. The Morgan fingerprint density at radius 3 is 2.58 bits per heavy atom. The van der Waals surface area contributed by atoms with E-state index in [1.54, 1.807) is 11.9 Å². The van der Waals surface area contributed by atoms with E-state index in [1.807, 2.05) is 26.0 Å². The summed E-state index contributed by atoms with van der Waals surface area (Å²) in [6.45, 7) is 4.69. The molecule has 0 atom stereocenters. The average Bonchev–Trinajstić information content (AvgIpc) is 2.51. The number of carbonyl (C=O) groups excluding carboxylic acids is 1. The van der Waals surface area contributed by atoms with E-state index in [-0.39, 0.29) is 11.3 Å². The number of likely N-dealkylation sites (N-methyl/N-ethyl adjacent to an activating group) is 1. The van der Waals surface area contributed by atoms with Crippen LogP contribution < -0.4 is 4.90 Å². The molecule has 102 valence electrons. The first-order valence-electron chi connectivity index (χ1n) is 6.55. The molecule has 1 N–H and O–H groups in total. The fourth-order valence-corrected chi connectivity index (χ4v) is 2.95. The first-order chi connectivity index (χ1) is 8.85. The fourth-order valence-electron chi connectivity index (χ4n) is 2.95. The van der Waals surface area contributed by atoms with Gasteiger partial charge in [0.1, 0.15) is 0 Å². The number of carbonyl (C=O) groups is 1. The fraction of sp³-hybridized carbons (Fsp3) is 0.533. The largest absolute Gasteiger partial charge is 0.389 e.